The molecule has 0 bridgehead atoms. The Hall–Kier alpha value is -0.210. The Bertz CT molecular complexity index is 485. The van der Waals surface area contributed by atoms with E-state index in [1.54, 1.807) is 0 Å². The number of nitrogens with one attached hydrogen (secondary N) is 1. The summed E-state index contributed by atoms with van der Waals surface area (Å²) in [6, 6.07) is 0. The molecule has 0 spiro atoms. The Morgan fingerprint density at radius 2 is 1.94 bits per heavy atom. The number of hydrogen-bond donors (Lipinski definition) is 4. The van der Waals surface area contributed by atoms with Crippen LogP contribution in [-0.4, -0.2) is 48.0 Å². The van der Waals surface area contributed by atoms with Crippen molar-refractivity contribution in [2.24, 2.45) is 10.1 Å². The van der Waals surface area contributed by atoms with Gasteiger partial charge in [-0.1, -0.05) is 0 Å². The summed E-state index contributed by atoms with van der Waals surface area (Å²) in [6.45, 7) is 1.22. The highest BCUT2D eigenvalue weighted by Crippen LogP contribution is 2.16. The van der Waals surface area contributed by atoms with Crippen molar-refractivity contribution in [3.05, 3.63) is 0 Å². The highest BCUT2D eigenvalue weighted by atomic mass is 32.3. The molecule has 9 nitrogen and oxygen atoms in total. The molecule has 0 radical (unpaired) electrons. The summed E-state index contributed by atoms with van der Waals surface area (Å²) in [4.78, 5) is 0. The Kier molecular flexibility index (Phi) is 7.31. The van der Waals surface area contributed by atoms with Crippen LogP contribution >= 0.6 is 23.9 Å². The monoisotopic (exact) mass is 339 g/mol. The van der Waals surface area contributed by atoms with Crippen LogP contribution in [0.1, 0.15) is 6.92 Å². The predicted molar refractivity (Wildman–Crippen MR) is 72.2 cm³/mol. The second-order valence-corrected chi connectivity index (χ2v) is 8.51. The fourth-order valence-electron chi connectivity index (χ4n) is 0.476. The average Bonchev–Trinajstić information content (AvgIpc) is 2.18. The van der Waals surface area contributed by atoms with E-state index in [2.05, 4.69) is 9.12 Å². The molecule has 0 aromatic heterocycles. The van der Waals surface area contributed by atoms with E-state index >= 15 is 0 Å². The predicted octanol–water partition coefficient (Wildman–Crippen LogP) is -0.691. The maximum atomic E-state index is 10.6. The highest BCUT2D eigenvalue weighted by molar-refractivity contribution is 8.11. The third-order valence-electron chi connectivity index (χ3n) is 1.34. The van der Waals surface area contributed by atoms with E-state index in [1.807, 2.05) is 0 Å². The van der Waals surface area contributed by atoms with Crippen LogP contribution in [0.2, 0.25) is 0 Å². The molecular weight excluding hydrogens is 326 g/mol. The molecule has 0 heterocycles. The Labute approximate surface area is 114 Å². The van der Waals surface area contributed by atoms with E-state index in [-0.39, 0.29) is 11.7 Å². The fourth-order valence-corrected chi connectivity index (χ4v) is 2.88. The van der Waals surface area contributed by atoms with Gasteiger partial charge in [0.2, 0.25) is 5.96 Å². The number of hydrogen-bond acceptors (Lipinski definition) is 7. The van der Waals surface area contributed by atoms with Crippen molar-refractivity contribution in [1.29, 1.82) is 0 Å². The zero-order valence-corrected chi connectivity index (χ0v) is 12.4. The number of nitrogens with two attached hydrogens (primary N) is 1. The molecule has 13 heteroatoms. The van der Waals surface area contributed by atoms with Gasteiger partial charge in [-0.3, -0.25) is 13.8 Å². The van der Waals surface area contributed by atoms with Crippen LogP contribution in [0.3, 0.4) is 0 Å². The van der Waals surface area contributed by atoms with Crippen LogP contribution in [0.25, 0.3) is 0 Å². The lowest BCUT2D eigenvalue weighted by molar-refractivity contribution is 0.480. The smallest absolute Gasteiger partial charge is 0.278 e. The standard InChI is InChI=1S/C5H13N3O6S4/c1-4(18(12,13)14)16-8-5(6)7-15-2-3-17(9,10)11/h4H,2-3H2,1H3,(H3,6,7,8)(H,9,10,11)(H,12,13,14). The molecule has 108 valence electrons. The molecule has 0 aliphatic carbocycles. The average molecular weight is 339 g/mol. The van der Waals surface area contributed by atoms with Crippen LogP contribution in [-0.2, 0) is 20.2 Å². The number of guanidine groups is 1. The largest absolute Gasteiger partial charge is 0.369 e. The molecule has 0 fully saturated rings. The summed E-state index contributed by atoms with van der Waals surface area (Å²) in [7, 11) is -8.22. The van der Waals surface area contributed by atoms with E-state index < -0.39 is 30.6 Å². The summed E-state index contributed by atoms with van der Waals surface area (Å²) in [6.07, 6.45) is 0. The van der Waals surface area contributed by atoms with Gasteiger partial charge in [-0.15, -0.1) is 0 Å². The Morgan fingerprint density at radius 3 is 2.39 bits per heavy atom. The molecule has 0 aromatic rings. The molecule has 0 aliphatic rings. The second-order valence-electron chi connectivity index (χ2n) is 2.90. The maximum Gasteiger partial charge on any atom is 0.278 e. The normalized spacial score (nSPS) is 15.4. The maximum absolute atomic E-state index is 10.6. The molecule has 5 N–H and O–H groups in total. The van der Waals surface area contributed by atoms with Crippen molar-refractivity contribution >= 4 is 50.1 Å². The van der Waals surface area contributed by atoms with Gasteiger partial charge in [-0.25, -0.2) is 0 Å². The molecule has 18 heavy (non-hydrogen) atoms. The van der Waals surface area contributed by atoms with Gasteiger partial charge in [0, 0.05) is 5.75 Å². The number of nitrogens with zero attached hydrogens (tertiary/aromatic N) is 1. The topological polar surface area (TPSA) is 159 Å². The first-order chi connectivity index (χ1) is 8.02. The number of rotatable bonds is 7. The van der Waals surface area contributed by atoms with Crippen LogP contribution in [0.4, 0.5) is 0 Å². The zero-order valence-electron chi connectivity index (χ0n) is 9.18. The Balaban J connectivity index is 4.00. The minimum absolute atomic E-state index is 0.0353. The quantitative estimate of drug-likeness (QED) is 0.154. The van der Waals surface area contributed by atoms with E-state index in [4.69, 9.17) is 14.8 Å². The molecule has 0 saturated carbocycles. The summed E-state index contributed by atoms with van der Waals surface area (Å²) in [5.41, 5.74) is 5.32. The van der Waals surface area contributed by atoms with Crippen molar-refractivity contribution < 1.29 is 25.9 Å². The minimum atomic E-state index is -4.19. The lowest BCUT2D eigenvalue weighted by Crippen LogP contribution is -2.27. The van der Waals surface area contributed by atoms with Crippen molar-refractivity contribution in [3.63, 3.8) is 0 Å². The van der Waals surface area contributed by atoms with Gasteiger partial charge in [0.05, 0.1) is 5.75 Å². The molecular formula is C5H13N3O6S4. The van der Waals surface area contributed by atoms with Gasteiger partial charge in [-0.2, -0.15) is 21.2 Å². The molecule has 0 saturated heterocycles. The Morgan fingerprint density at radius 1 is 1.39 bits per heavy atom. The van der Waals surface area contributed by atoms with Crippen LogP contribution < -0.4 is 10.5 Å². The van der Waals surface area contributed by atoms with Gasteiger partial charge in [0.25, 0.3) is 20.2 Å². The molecule has 1 unspecified atom stereocenters. The third kappa shape index (κ3) is 9.78. The van der Waals surface area contributed by atoms with Crippen molar-refractivity contribution in [2.45, 2.75) is 11.5 Å². The molecule has 0 aromatic carbocycles. The van der Waals surface area contributed by atoms with Crippen molar-refractivity contribution in [3.8, 4) is 0 Å². The first-order valence-corrected chi connectivity index (χ1v) is 9.24. The van der Waals surface area contributed by atoms with E-state index in [1.165, 1.54) is 6.92 Å². The van der Waals surface area contributed by atoms with E-state index in [0.717, 1.165) is 11.9 Å². The van der Waals surface area contributed by atoms with Crippen LogP contribution in [0, 0.1) is 0 Å². The SMILES string of the molecule is CC(S/N=C(/N)NSCCS(=O)(=O)O)S(=O)(=O)O. The van der Waals surface area contributed by atoms with Crippen LogP contribution in [0.15, 0.2) is 4.40 Å². The van der Waals surface area contributed by atoms with Gasteiger partial charge in [-0.05, 0) is 30.8 Å². The van der Waals surface area contributed by atoms with Crippen molar-refractivity contribution in [2.75, 3.05) is 11.5 Å². The van der Waals surface area contributed by atoms with Gasteiger partial charge in [0.1, 0.15) is 0 Å². The summed E-state index contributed by atoms with van der Waals surface area (Å²) in [5.74, 6) is -0.559. The fraction of sp³-hybridized carbons (Fsp3) is 0.800. The first kappa shape index (κ1) is 17.8. The molecule has 0 amide bonds. The van der Waals surface area contributed by atoms with E-state index in [9.17, 15) is 16.8 Å². The summed E-state index contributed by atoms with van der Waals surface area (Å²) >= 11 is 1.41. The first-order valence-electron chi connectivity index (χ1n) is 4.31. The van der Waals surface area contributed by atoms with Crippen LogP contribution in [0.5, 0.6) is 0 Å². The van der Waals surface area contributed by atoms with E-state index in [0.29, 0.717) is 11.9 Å². The van der Waals surface area contributed by atoms with Gasteiger partial charge >= 0.3 is 0 Å². The van der Waals surface area contributed by atoms with Crippen molar-refractivity contribution in [1.82, 2.24) is 4.72 Å². The zero-order chi connectivity index (χ0) is 14.4. The highest BCUT2D eigenvalue weighted by Gasteiger charge is 2.17. The lowest BCUT2D eigenvalue weighted by atomic mass is 11.0. The summed E-state index contributed by atoms with van der Waals surface area (Å²) in [5, 5.41) is 0. The minimum Gasteiger partial charge on any atom is -0.369 e. The third-order valence-corrected chi connectivity index (χ3v) is 5.50. The lowest BCUT2D eigenvalue weighted by Gasteiger charge is -2.05. The summed E-state index contributed by atoms with van der Waals surface area (Å²) < 4.78 is 63.8. The molecule has 1 atom stereocenters. The second kappa shape index (κ2) is 7.40. The van der Waals surface area contributed by atoms with Gasteiger partial charge in [0.15, 0.2) is 4.58 Å². The molecule has 0 aliphatic heterocycles. The molecule has 0 rings (SSSR count). The van der Waals surface area contributed by atoms with Gasteiger partial charge < -0.3 is 5.73 Å².